The molecule has 0 radical (unpaired) electrons. The summed E-state index contributed by atoms with van der Waals surface area (Å²) in [7, 11) is 0. The van der Waals surface area contributed by atoms with Gasteiger partial charge in [-0.1, -0.05) is 46.3 Å². The van der Waals surface area contributed by atoms with Gasteiger partial charge < -0.3 is 15.0 Å². The van der Waals surface area contributed by atoms with Crippen molar-refractivity contribution in [1.29, 1.82) is 5.26 Å². The summed E-state index contributed by atoms with van der Waals surface area (Å²) in [4.78, 5) is 26.8. The normalized spacial score (nSPS) is 23.7. The average Bonchev–Trinajstić information content (AvgIpc) is 3.31. The van der Waals surface area contributed by atoms with Gasteiger partial charge in [-0.15, -0.1) is 0 Å². The first kappa shape index (κ1) is 24.3. The van der Waals surface area contributed by atoms with Crippen molar-refractivity contribution in [2.24, 2.45) is 11.0 Å². The van der Waals surface area contributed by atoms with Crippen molar-refractivity contribution < 1.29 is 14.3 Å². The van der Waals surface area contributed by atoms with E-state index in [1.54, 1.807) is 12.1 Å². The Hall–Kier alpha value is -3.38. The standard InChI is InChI=1S/C27H28BrN5O3/c1-17(30-25(34)33-15-20-4-2-3-5-21(20)16-33)12-18-8-10-27(11-9-18)24(31-32-26(35)36-27)22-7-6-19(14-29)13-23(22)28/h2-7,13,17-18H,8-12,15-16H2,1H3,(H,30,34)(H,32,35)/t17-,18?,27?/m0/s1. The molecule has 1 aliphatic carbocycles. The zero-order valence-corrected chi connectivity index (χ0v) is 21.7. The molecule has 0 aromatic heterocycles. The Bertz CT molecular complexity index is 1240. The van der Waals surface area contributed by atoms with Gasteiger partial charge in [-0.2, -0.15) is 10.4 Å². The van der Waals surface area contributed by atoms with Crippen LogP contribution in [0.2, 0.25) is 0 Å². The third-order valence-corrected chi connectivity index (χ3v) is 8.09. The summed E-state index contributed by atoms with van der Waals surface area (Å²) < 4.78 is 6.60. The first-order valence-corrected chi connectivity index (χ1v) is 13.1. The van der Waals surface area contributed by atoms with Crippen LogP contribution in [0.1, 0.15) is 61.3 Å². The van der Waals surface area contributed by atoms with Crippen molar-refractivity contribution in [3.63, 3.8) is 0 Å². The number of carbonyl (C=O) groups is 2. The minimum absolute atomic E-state index is 0.0293. The second-order valence-electron chi connectivity index (χ2n) is 9.92. The maximum Gasteiger partial charge on any atom is 0.428 e. The number of nitriles is 1. The molecule has 3 amide bonds. The zero-order valence-electron chi connectivity index (χ0n) is 20.1. The van der Waals surface area contributed by atoms with E-state index in [0.717, 1.165) is 29.3 Å². The van der Waals surface area contributed by atoms with E-state index in [9.17, 15) is 14.9 Å². The van der Waals surface area contributed by atoms with E-state index >= 15 is 0 Å². The maximum absolute atomic E-state index is 12.8. The molecule has 3 aliphatic rings. The molecule has 8 nitrogen and oxygen atoms in total. The highest BCUT2D eigenvalue weighted by molar-refractivity contribution is 9.10. The molecule has 2 aromatic carbocycles. The Kier molecular flexibility index (Phi) is 6.71. The van der Waals surface area contributed by atoms with Crippen LogP contribution in [0, 0.1) is 17.2 Å². The number of ether oxygens (including phenoxy) is 1. The van der Waals surface area contributed by atoms with Gasteiger partial charge >= 0.3 is 12.1 Å². The van der Waals surface area contributed by atoms with Gasteiger partial charge in [0.05, 0.1) is 11.6 Å². The number of amides is 3. The van der Waals surface area contributed by atoms with Crippen LogP contribution in [0.25, 0.3) is 0 Å². The Morgan fingerprint density at radius 2 is 1.97 bits per heavy atom. The molecule has 2 heterocycles. The molecule has 0 bridgehead atoms. The van der Waals surface area contributed by atoms with Crippen LogP contribution in [0.5, 0.6) is 0 Å². The maximum atomic E-state index is 12.8. The Morgan fingerprint density at radius 1 is 1.28 bits per heavy atom. The van der Waals surface area contributed by atoms with Crippen LogP contribution < -0.4 is 10.7 Å². The number of benzene rings is 2. The van der Waals surface area contributed by atoms with Crippen molar-refractivity contribution in [2.75, 3.05) is 0 Å². The van der Waals surface area contributed by atoms with E-state index in [1.807, 2.05) is 23.1 Å². The van der Waals surface area contributed by atoms with Gasteiger partial charge in [0.1, 0.15) is 5.71 Å². The lowest BCUT2D eigenvalue weighted by molar-refractivity contribution is 0.0155. The Morgan fingerprint density at radius 3 is 2.61 bits per heavy atom. The van der Waals surface area contributed by atoms with Crippen LogP contribution in [0.4, 0.5) is 9.59 Å². The molecule has 1 spiro atoms. The molecule has 1 fully saturated rings. The summed E-state index contributed by atoms with van der Waals surface area (Å²) in [6, 6.07) is 15.6. The quantitative estimate of drug-likeness (QED) is 0.546. The summed E-state index contributed by atoms with van der Waals surface area (Å²) in [5, 5.41) is 16.7. The summed E-state index contributed by atoms with van der Waals surface area (Å²) in [6.45, 7) is 3.34. The molecule has 2 aromatic rings. The van der Waals surface area contributed by atoms with Crippen molar-refractivity contribution in [3.8, 4) is 6.07 Å². The van der Waals surface area contributed by atoms with Crippen LogP contribution >= 0.6 is 15.9 Å². The summed E-state index contributed by atoms with van der Waals surface area (Å²) >= 11 is 3.55. The van der Waals surface area contributed by atoms with Gasteiger partial charge in [0.15, 0.2) is 5.60 Å². The number of urea groups is 1. The third kappa shape index (κ3) is 4.82. The molecular formula is C27H28BrN5O3. The van der Waals surface area contributed by atoms with E-state index in [-0.39, 0.29) is 12.1 Å². The number of hydrogen-bond donors (Lipinski definition) is 2. The lowest BCUT2D eigenvalue weighted by Crippen LogP contribution is -2.52. The average molecular weight is 550 g/mol. The van der Waals surface area contributed by atoms with Crippen molar-refractivity contribution in [2.45, 2.75) is 63.8 Å². The smallest absolute Gasteiger partial charge is 0.428 e. The second kappa shape index (κ2) is 9.94. The lowest BCUT2D eigenvalue weighted by Gasteiger charge is -2.42. The fourth-order valence-electron chi connectivity index (χ4n) is 5.59. The van der Waals surface area contributed by atoms with Gasteiger partial charge in [-0.25, -0.2) is 15.0 Å². The minimum atomic E-state index is -0.802. The first-order chi connectivity index (χ1) is 17.4. The second-order valence-corrected chi connectivity index (χ2v) is 10.8. The molecule has 1 saturated carbocycles. The van der Waals surface area contributed by atoms with Crippen LogP contribution in [-0.2, 0) is 17.8 Å². The molecule has 1 atom stereocenters. The topological polar surface area (TPSA) is 107 Å². The number of nitrogens with zero attached hydrogens (tertiary/aromatic N) is 3. The molecule has 2 aliphatic heterocycles. The summed E-state index contributed by atoms with van der Waals surface area (Å²) in [6.07, 6.45) is 3.33. The number of rotatable bonds is 4. The van der Waals surface area contributed by atoms with Crippen LogP contribution in [0.15, 0.2) is 52.0 Å². The molecule has 36 heavy (non-hydrogen) atoms. The largest absolute Gasteiger partial charge is 0.435 e. The van der Waals surface area contributed by atoms with Crippen molar-refractivity contribution in [3.05, 3.63) is 69.2 Å². The predicted octanol–water partition coefficient (Wildman–Crippen LogP) is 5.20. The molecule has 9 heteroatoms. The van der Waals surface area contributed by atoms with E-state index in [4.69, 9.17) is 4.74 Å². The van der Waals surface area contributed by atoms with Gasteiger partial charge in [0, 0.05) is 29.2 Å². The van der Waals surface area contributed by atoms with Crippen molar-refractivity contribution >= 4 is 33.8 Å². The van der Waals surface area contributed by atoms with Gasteiger partial charge in [-0.3, -0.25) is 0 Å². The van der Waals surface area contributed by atoms with Crippen LogP contribution in [-0.4, -0.2) is 34.4 Å². The fraction of sp³-hybridized carbons (Fsp3) is 0.407. The molecular weight excluding hydrogens is 522 g/mol. The number of halogens is 1. The van der Waals surface area contributed by atoms with E-state index in [1.165, 1.54) is 11.1 Å². The highest BCUT2D eigenvalue weighted by Gasteiger charge is 2.46. The molecule has 0 unspecified atom stereocenters. The van der Waals surface area contributed by atoms with Crippen LogP contribution in [0.3, 0.4) is 0 Å². The molecule has 186 valence electrons. The fourth-order valence-corrected chi connectivity index (χ4v) is 6.16. The summed E-state index contributed by atoms with van der Waals surface area (Å²) in [5.74, 6) is 0.404. The Labute approximate surface area is 218 Å². The van der Waals surface area contributed by atoms with E-state index in [2.05, 4.69) is 56.9 Å². The zero-order chi connectivity index (χ0) is 25.3. The number of nitrogens with one attached hydrogen (secondary N) is 2. The minimum Gasteiger partial charge on any atom is -0.435 e. The van der Waals surface area contributed by atoms with Gasteiger partial charge in [0.25, 0.3) is 0 Å². The lowest BCUT2D eigenvalue weighted by atomic mass is 9.73. The first-order valence-electron chi connectivity index (χ1n) is 12.3. The summed E-state index contributed by atoms with van der Waals surface area (Å²) in [5.41, 5.74) is 6.08. The molecule has 2 N–H and O–H groups in total. The highest BCUT2D eigenvalue weighted by atomic mass is 79.9. The monoisotopic (exact) mass is 549 g/mol. The predicted molar refractivity (Wildman–Crippen MR) is 138 cm³/mol. The SMILES string of the molecule is C[C@@H](CC1CCC2(CC1)OC(=O)NN=C2c1ccc(C#N)cc1Br)NC(=O)N1Cc2ccccc2C1. The third-order valence-electron chi connectivity index (χ3n) is 7.43. The Balaban J connectivity index is 1.20. The number of carbonyl (C=O) groups excluding carboxylic acids is 2. The number of hydrazone groups is 1. The number of fused-ring (bicyclic) bond motifs is 1. The molecule has 0 saturated heterocycles. The highest BCUT2D eigenvalue weighted by Crippen LogP contribution is 2.41. The molecule has 5 rings (SSSR count). The van der Waals surface area contributed by atoms with Crippen molar-refractivity contribution in [1.82, 2.24) is 15.6 Å². The number of hydrogen-bond acceptors (Lipinski definition) is 5. The van der Waals surface area contributed by atoms with E-state index < -0.39 is 11.7 Å². The van der Waals surface area contributed by atoms with Gasteiger partial charge in [0.2, 0.25) is 0 Å². The van der Waals surface area contributed by atoms with Gasteiger partial charge in [-0.05, 0) is 68.2 Å². The van der Waals surface area contributed by atoms with E-state index in [0.29, 0.717) is 43.1 Å².